The molecule has 0 aliphatic heterocycles. The molecular weight excluding hydrogens is 1440 g/mol. The number of aryl methyl sites for hydroxylation is 7. The maximum Gasteiger partial charge on any atom is 0.175 e. The Hall–Kier alpha value is -8.39. The van der Waals surface area contributed by atoms with Crippen molar-refractivity contribution >= 4 is 160 Å². The van der Waals surface area contributed by atoms with Crippen molar-refractivity contribution in [1.82, 2.24) is 84.1 Å². The fourth-order valence-corrected chi connectivity index (χ4v) is 16.4. The number of halogens is 3. The third-order valence-electron chi connectivity index (χ3n) is 16.1. The van der Waals surface area contributed by atoms with Crippen molar-refractivity contribution in [3.8, 4) is 12.3 Å². The number of hydrogen-bond donors (Lipinski definition) is 7. The van der Waals surface area contributed by atoms with E-state index in [1.807, 2.05) is 73.9 Å². The number of fused-ring (bicyclic) bond motifs is 5. The molecule has 9 aromatic heterocycles. The van der Waals surface area contributed by atoms with Crippen molar-refractivity contribution < 1.29 is 0 Å². The smallest absolute Gasteiger partial charge is 0.175 e. The summed E-state index contributed by atoms with van der Waals surface area (Å²) in [6.07, 6.45) is 16.6. The number of nitrogens with one attached hydrogen (secondary N) is 3. The highest BCUT2D eigenvalue weighted by molar-refractivity contribution is 8.00. The Bertz CT molecular complexity index is 5060. The normalized spacial score (nSPS) is 11.4. The topological polar surface area (TPSA) is 289 Å². The molecule has 13 rings (SSSR count). The van der Waals surface area contributed by atoms with Crippen LogP contribution in [0.25, 0.3) is 55.0 Å². The van der Waals surface area contributed by atoms with Gasteiger partial charge in [-0.05, 0) is 155 Å². The Balaban J connectivity index is 0.000000149. The van der Waals surface area contributed by atoms with Gasteiger partial charge in [-0.2, -0.15) is 0 Å². The van der Waals surface area contributed by atoms with E-state index in [-0.39, 0.29) is 0 Å². The van der Waals surface area contributed by atoms with Gasteiger partial charge in [0.05, 0.1) is 21.6 Å². The predicted octanol–water partition coefficient (Wildman–Crippen LogP) is 17.1. The molecule has 0 saturated heterocycles. The average molecular weight is 1530 g/mol. The van der Waals surface area contributed by atoms with Gasteiger partial charge in [-0.25, -0.2) is 49.8 Å². The number of nitrogens with two attached hydrogens (primary N) is 4. The molecule has 28 heteroatoms. The summed E-state index contributed by atoms with van der Waals surface area (Å²) >= 11 is 25.0. The first-order valence-electron chi connectivity index (χ1n) is 34.4. The molecule has 542 valence electrons. The first kappa shape index (κ1) is 78.2. The van der Waals surface area contributed by atoms with E-state index < -0.39 is 0 Å². The average Bonchev–Trinajstić information content (AvgIpc) is 1.65. The van der Waals surface area contributed by atoms with Crippen molar-refractivity contribution in [3.05, 3.63) is 166 Å². The fourth-order valence-electron chi connectivity index (χ4n) is 11.3. The maximum absolute atomic E-state index is 6.42. The van der Waals surface area contributed by atoms with Gasteiger partial charge in [0.1, 0.15) is 28.0 Å². The van der Waals surface area contributed by atoms with Crippen LogP contribution >= 0.6 is 81.9 Å². The minimum Gasteiger partial charge on any atom is -0.382 e. The molecule has 0 saturated carbocycles. The second kappa shape index (κ2) is 37.5. The first-order valence-corrected chi connectivity index (χ1v) is 38.8. The molecule has 0 aliphatic rings. The highest BCUT2D eigenvalue weighted by Crippen LogP contribution is 2.39. The summed E-state index contributed by atoms with van der Waals surface area (Å²) in [6.45, 7) is 25.1. The zero-order valence-corrected chi connectivity index (χ0v) is 65.4. The molecule has 9 heterocycles. The molecule has 13 aromatic rings. The van der Waals surface area contributed by atoms with E-state index in [1.165, 1.54) is 33.8 Å². The highest BCUT2D eigenvalue weighted by Gasteiger charge is 2.21. The summed E-state index contributed by atoms with van der Waals surface area (Å²) in [6, 6.07) is 38.1. The summed E-state index contributed by atoms with van der Waals surface area (Å²) in [7, 11) is 0. The van der Waals surface area contributed by atoms with E-state index >= 15 is 0 Å². The predicted molar refractivity (Wildman–Crippen MR) is 434 cm³/mol. The van der Waals surface area contributed by atoms with Crippen molar-refractivity contribution in [2.24, 2.45) is 0 Å². The van der Waals surface area contributed by atoms with Crippen LogP contribution in [0.1, 0.15) is 90.5 Å². The van der Waals surface area contributed by atoms with Crippen molar-refractivity contribution in [2.45, 2.75) is 179 Å². The molecule has 0 radical (unpaired) electrons. The van der Waals surface area contributed by atoms with E-state index in [9.17, 15) is 0 Å². The minimum absolute atomic E-state index is 0.362. The zero-order chi connectivity index (χ0) is 74.0. The number of imidazole rings is 4. The van der Waals surface area contributed by atoms with Gasteiger partial charge < -0.3 is 57.2 Å². The van der Waals surface area contributed by atoms with Crippen LogP contribution in [0.2, 0.25) is 15.2 Å². The number of nitrogens with zero attached hydrogens (tertiary/aromatic N) is 14. The SMILES string of the molecule is C#CCCCn1c(Sc2cc(C)nc(Cl)c2)nc2c(N)ncnc21.CC(C)NCCCn1c(Sc2cccc3ccccc23)nc2c(N)nccc21.Cc1cc(Cl)cc(Sc2nc3c(N)nccc3n2CCCNC(C)C)c1.Cc1ccc(Sc2nc3c(N)nccc3n2CCCNC(C)C)c(Cl)c1. The summed E-state index contributed by atoms with van der Waals surface area (Å²) < 4.78 is 8.70. The number of aromatic nitrogens is 14. The molecule has 0 bridgehead atoms. The zero-order valence-electron chi connectivity index (χ0n) is 59.8. The van der Waals surface area contributed by atoms with Crippen LogP contribution < -0.4 is 38.9 Å². The van der Waals surface area contributed by atoms with Gasteiger partial charge in [0, 0.05) is 99.6 Å². The van der Waals surface area contributed by atoms with Crippen LogP contribution in [0.15, 0.2) is 174 Å². The summed E-state index contributed by atoms with van der Waals surface area (Å²) in [4.78, 5) is 48.2. The first-order chi connectivity index (χ1) is 50.1. The van der Waals surface area contributed by atoms with Gasteiger partial charge in [0.25, 0.3) is 0 Å². The number of benzene rings is 4. The van der Waals surface area contributed by atoms with Gasteiger partial charge in [0.2, 0.25) is 0 Å². The van der Waals surface area contributed by atoms with Gasteiger partial charge in [-0.1, -0.05) is 166 Å². The lowest BCUT2D eigenvalue weighted by Crippen LogP contribution is -2.24. The molecule has 21 nitrogen and oxygen atoms in total. The van der Waals surface area contributed by atoms with Gasteiger partial charge in [0.15, 0.2) is 55.1 Å². The maximum atomic E-state index is 6.42. The van der Waals surface area contributed by atoms with Gasteiger partial charge in [-0.3, -0.25) is 0 Å². The van der Waals surface area contributed by atoms with Crippen molar-refractivity contribution in [2.75, 3.05) is 42.6 Å². The molecule has 11 N–H and O–H groups in total. The number of rotatable bonds is 26. The Morgan fingerprint density at radius 3 is 1.46 bits per heavy atom. The van der Waals surface area contributed by atoms with Crippen LogP contribution in [-0.2, 0) is 26.2 Å². The standard InChI is InChI=1S/C22H25N5S.2C19H24ClN5S.C16H15ClN6S/c1-15(2)24-12-6-14-27-18-11-13-25-21(23)20(18)26-22(27)28-19-10-5-8-16-7-3-4-9-17(16)19;1-12(2)22-8-4-10-25-15-7-9-23-18(21)17(15)24-19(25)26-16-6-5-13(3)11-14(16)20;1-12(2)22-6-4-8-25-16-5-7-23-18(21)17(16)24-19(25)26-15-10-13(3)9-14(20)11-15;1-3-4-5-6-23-15-13(14(18)19-9-20-15)22-16(23)24-11-7-10(2)21-12(17)8-11/h3-5,7-11,13,15,24H,6,12,14H2,1-2H3,(H2,23,25);5-7,9,11-12,22H,4,8,10H2,1-3H3,(H2,21,23);5,7,9-12,22H,4,6,8H2,1-3H3,(H2,21,23);1,7-9H,4-6H2,2H3,(H2,18,19,20). The lowest BCUT2D eigenvalue weighted by Gasteiger charge is -2.12. The Morgan fingerprint density at radius 2 is 0.942 bits per heavy atom. The molecule has 0 amide bonds. The van der Waals surface area contributed by atoms with Gasteiger partial charge >= 0.3 is 0 Å². The van der Waals surface area contributed by atoms with E-state index in [2.05, 4.69) is 167 Å². The van der Waals surface area contributed by atoms with Crippen LogP contribution in [0.3, 0.4) is 0 Å². The van der Waals surface area contributed by atoms with Crippen LogP contribution in [0.4, 0.5) is 23.3 Å². The Kier molecular flexibility index (Phi) is 28.2. The van der Waals surface area contributed by atoms with E-state index in [0.717, 1.165) is 160 Å². The summed E-state index contributed by atoms with van der Waals surface area (Å²) in [5.41, 5.74) is 33.9. The fraction of sp³-hybridized carbons (Fsp3) is 0.316. The molecule has 0 aliphatic carbocycles. The largest absolute Gasteiger partial charge is 0.382 e. The highest BCUT2D eigenvalue weighted by atomic mass is 35.5. The van der Waals surface area contributed by atoms with Crippen LogP contribution in [-0.4, -0.2) is 106 Å². The number of hydrogen-bond acceptors (Lipinski definition) is 21. The second-order valence-corrected chi connectivity index (χ2v) is 30.9. The Labute approximate surface area is 639 Å². The number of unbranched alkanes of at least 4 members (excludes halogenated alkanes) is 1. The summed E-state index contributed by atoms with van der Waals surface area (Å²) in [5.74, 6) is 4.42. The number of terminal acetylenes is 1. The van der Waals surface area contributed by atoms with E-state index in [1.54, 1.807) is 59.9 Å². The molecular formula is C76H88Cl3N21S4. The van der Waals surface area contributed by atoms with Gasteiger partial charge in [-0.15, -0.1) is 12.3 Å². The lowest BCUT2D eigenvalue weighted by molar-refractivity contribution is 0.526. The number of nitrogen functional groups attached to an aromatic ring is 4. The molecule has 0 spiro atoms. The molecule has 0 unspecified atom stereocenters. The quantitative estimate of drug-likeness (QED) is 0.0151. The summed E-state index contributed by atoms with van der Waals surface area (Å²) in [5, 5.41) is 18.3. The van der Waals surface area contributed by atoms with E-state index in [4.69, 9.17) is 79.1 Å². The lowest BCUT2D eigenvalue weighted by atomic mass is 10.1. The van der Waals surface area contributed by atoms with Crippen LogP contribution in [0.5, 0.6) is 0 Å². The van der Waals surface area contributed by atoms with E-state index in [0.29, 0.717) is 70.7 Å². The third-order valence-corrected chi connectivity index (χ3v) is 21.0. The third kappa shape index (κ3) is 21.0. The molecule has 0 atom stereocenters. The minimum atomic E-state index is 0.362. The van der Waals surface area contributed by atoms with Crippen LogP contribution in [0, 0.1) is 33.1 Å². The molecule has 104 heavy (non-hydrogen) atoms. The monoisotopic (exact) mass is 1530 g/mol. The Morgan fingerprint density at radius 1 is 0.462 bits per heavy atom. The number of anilines is 4. The second-order valence-electron chi connectivity index (χ2n) is 25.6. The molecule has 0 fully saturated rings. The molecule has 4 aromatic carbocycles. The van der Waals surface area contributed by atoms with Crippen molar-refractivity contribution in [3.63, 3.8) is 0 Å². The number of pyridine rings is 4. The van der Waals surface area contributed by atoms with Crippen molar-refractivity contribution in [1.29, 1.82) is 0 Å².